The summed E-state index contributed by atoms with van der Waals surface area (Å²) >= 11 is 5.80. The molecule has 0 fully saturated rings. The minimum Gasteiger partial charge on any atom is -0.399 e. The van der Waals surface area contributed by atoms with Crippen LogP contribution in [0.1, 0.15) is 11.1 Å². The van der Waals surface area contributed by atoms with Crippen LogP contribution in [0.15, 0.2) is 48.5 Å². The molecule has 3 N–H and O–H groups in total. The first kappa shape index (κ1) is 14.4. The molecule has 2 rings (SSSR count). The fraction of sp³-hybridized carbons (Fsp3) is 0.188. The molecule has 3 nitrogen and oxygen atoms in total. The summed E-state index contributed by atoms with van der Waals surface area (Å²) < 4.78 is 0. The van der Waals surface area contributed by atoms with Gasteiger partial charge in [-0.1, -0.05) is 35.9 Å². The topological polar surface area (TPSA) is 55.1 Å². The summed E-state index contributed by atoms with van der Waals surface area (Å²) in [7, 11) is 0. The molecule has 0 atom stereocenters. The number of benzene rings is 2. The zero-order chi connectivity index (χ0) is 14.4. The van der Waals surface area contributed by atoms with Crippen LogP contribution < -0.4 is 11.1 Å². The van der Waals surface area contributed by atoms with Gasteiger partial charge >= 0.3 is 0 Å². The Morgan fingerprint density at radius 1 is 1.00 bits per heavy atom. The highest BCUT2D eigenvalue weighted by Crippen LogP contribution is 2.10. The van der Waals surface area contributed by atoms with E-state index in [0.717, 1.165) is 23.2 Å². The molecular weight excluding hydrogens is 272 g/mol. The van der Waals surface area contributed by atoms with Crippen molar-refractivity contribution in [2.24, 2.45) is 0 Å². The van der Waals surface area contributed by atoms with Gasteiger partial charge in [-0.05, 0) is 41.8 Å². The lowest BCUT2D eigenvalue weighted by Crippen LogP contribution is -2.27. The molecule has 0 aliphatic rings. The SMILES string of the molecule is Nc1ccc(CCNC(=O)Cc2ccc(Cl)cc2)cc1. The number of rotatable bonds is 5. The van der Waals surface area contributed by atoms with E-state index < -0.39 is 0 Å². The predicted octanol–water partition coefficient (Wildman–Crippen LogP) is 2.82. The van der Waals surface area contributed by atoms with Crippen molar-refractivity contribution in [3.05, 3.63) is 64.7 Å². The summed E-state index contributed by atoms with van der Waals surface area (Å²) in [4.78, 5) is 11.8. The van der Waals surface area contributed by atoms with E-state index in [1.54, 1.807) is 12.1 Å². The van der Waals surface area contributed by atoms with Gasteiger partial charge in [0.15, 0.2) is 0 Å². The number of nitrogens with one attached hydrogen (secondary N) is 1. The van der Waals surface area contributed by atoms with Gasteiger partial charge in [-0.2, -0.15) is 0 Å². The quantitative estimate of drug-likeness (QED) is 0.831. The van der Waals surface area contributed by atoms with E-state index in [2.05, 4.69) is 5.32 Å². The van der Waals surface area contributed by atoms with Crippen LogP contribution in [0.4, 0.5) is 5.69 Å². The first-order valence-electron chi connectivity index (χ1n) is 6.49. The molecule has 0 heterocycles. The molecule has 0 radical (unpaired) electrons. The van der Waals surface area contributed by atoms with Crippen molar-refractivity contribution in [1.29, 1.82) is 0 Å². The Hall–Kier alpha value is -2.00. The molecule has 0 aliphatic heterocycles. The van der Waals surface area contributed by atoms with Crippen LogP contribution in [-0.2, 0) is 17.6 Å². The number of hydrogen-bond acceptors (Lipinski definition) is 2. The molecule has 0 bridgehead atoms. The molecule has 1 amide bonds. The average Bonchev–Trinajstić information content (AvgIpc) is 2.44. The largest absolute Gasteiger partial charge is 0.399 e. The predicted molar refractivity (Wildman–Crippen MR) is 82.7 cm³/mol. The van der Waals surface area contributed by atoms with Gasteiger partial charge in [0.2, 0.25) is 5.91 Å². The molecule has 2 aromatic rings. The van der Waals surface area contributed by atoms with Crippen LogP contribution in [0.5, 0.6) is 0 Å². The number of halogens is 1. The number of nitrogens with two attached hydrogens (primary N) is 1. The molecule has 0 aromatic heterocycles. The Labute approximate surface area is 123 Å². The van der Waals surface area contributed by atoms with Crippen LogP contribution in [0, 0.1) is 0 Å². The van der Waals surface area contributed by atoms with Crippen molar-refractivity contribution in [2.45, 2.75) is 12.8 Å². The smallest absolute Gasteiger partial charge is 0.224 e. The standard InChI is InChI=1S/C16H17ClN2O/c17-14-5-1-13(2-6-14)11-16(20)19-10-9-12-3-7-15(18)8-4-12/h1-8H,9-11,18H2,(H,19,20). The molecule has 104 valence electrons. The monoisotopic (exact) mass is 288 g/mol. The summed E-state index contributed by atoms with van der Waals surface area (Å²) in [6, 6.07) is 15.0. The van der Waals surface area contributed by atoms with Crippen molar-refractivity contribution >= 4 is 23.2 Å². The Bertz CT molecular complexity index is 564. The second kappa shape index (κ2) is 6.96. The highest BCUT2D eigenvalue weighted by atomic mass is 35.5. The van der Waals surface area contributed by atoms with Gasteiger partial charge in [0.25, 0.3) is 0 Å². The van der Waals surface area contributed by atoms with Gasteiger partial charge in [-0.25, -0.2) is 0 Å². The Balaban J connectivity index is 1.75. The van der Waals surface area contributed by atoms with Crippen molar-refractivity contribution in [1.82, 2.24) is 5.32 Å². The molecule has 0 unspecified atom stereocenters. The first-order chi connectivity index (χ1) is 9.63. The maximum Gasteiger partial charge on any atom is 0.224 e. The Morgan fingerprint density at radius 3 is 2.25 bits per heavy atom. The second-order valence-corrected chi connectivity index (χ2v) is 5.08. The summed E-state index contributed by atoms with van der Waals surface area (Å²) in [6.07, 6.45) is 1.17. The maximum atomic E-state index is 11.8. The van der Waals surface area contributed by atoms with Crippen LogP contribution in [0.25, 0.3) is 0 Å². The third-order valence-corrected chi connectivity index (χ3v) is 3.25. The zero-order valence-corrected chi connectivity index (χ0v) is 11.9. The average molecular weight is 289 g/mol. The fourth-order valence-corrected chi connectivity index (χ4v) is 2.01. The second-order valence-electron chi connectivity index (χ2n) is 4.64. The van der Waals surface area contributed by atoms with E-state index in [1.807, 2.05) is 36.4 Å². The van der Waals surface area contributed by atoms with Gasteiger partial charge in [0.05, 0.1) is 6.42 Å². The van der Waals surface area contributed by atoms with Crippen LogP contribution in [0.2, 0.25) is 5.02 Å². The highest BCUT2D eigenvalue weighted by Gasteiger charge is 2.03. The third kappa shape index (κ3) is 4.59. The van der Waals surface area contributed by atoms with Gasteiger partial charge in [0, 0.05) is 17.3 Å². The molecule has 2 aromatic carbocycles. The van der Waals surface area contributed by atoms with E-state index in [1.165, 1.54) is 0 Å². The molecule has 20 heavy (non-hydrogen) atoms. The molecular formula is C16H17ClN2O. The first-order valence-corrected chi connectivity index (χ1v) is 6.87. The number of anilines is 1. The molecule has 4 heteroatoms. The molecule has 0 aliphatic carbocycles. The molecule has 0 saturated carbocycles. The van der Waals surface area contributed by atoms with Crippen LogP contribution in [-0.4, -0.2) is 12.5 Å². The van der Waals surface area contributed by atoms with E-state index in [9.17, 15) is 4.79 Å². The van der Waals surface area contributed by atoms with Gasteiger partial charge in [0.1, 0.15) is 0 Å². The van der Waals surface area contributed by atoms with E-state index in [0.29, 0.717) is 18.0 Å². The third-order valence-electron chi connectivity index (χ3n) is 2.99. The van der Waals surface area contributed by atoms with Crippen LogP contribution >= 0.6 is 11.6 Å². The number of carbonyl (C=O) groups excluding carboxylic acids is 1. The highest BCUT2D eigenvalue weighted by molar-refractivity contribution is 6.30. The van der Waals surface area contributed by atoms with Crippen molar-refractivity contribution in [2.75, 3.05) is 12.3 Å². The minimum absolute atomic E-state index is 0.0165. The van der Waals surface area contributed by atoms with Gasteiger partial charge in [-0.15, -0.1) is 0 Å². The lowest BCUT2D eigenvalue weighted by atomic mass is 10.1. The summed E-state index contributed by atoms with van der Waals surface area (Å²) in [6.45, 7) is 0.621. The zero-order valence-electron chi connectivity index (χ0n) is 11.1. The lowest BCUT2D eigenvalue weighted by molar-refractivity contribution is -0.120. The normalized spacial score (nSPS) is 10.2. The van der Waals surface area contributed by atoms with Crippen molar-refractivity contribution in [3.63, 3.8) is 0 Å². The van der Waals surface area contributed by atoms with E-state index in [4.69, 9.17) is 17.3 Å². The minimum atomic E-state index is 0.0165. The van der Waals surface area contributed by atoms with Gasteiger partial charge in [-0.3, -0.25) is 4.79 Å². The Morgan fingerprint density at radius 2 is 1.60 bits per heavy atom. The summed E-state index contributed by atoms with van der Waals surface area (Å²) in [5.41, 5.74) is 8.49. The van der Waals surface area contributed by atoms with E-state index >= 15 is 0 Å². The number of carbonyl (C=O) groups is 1. The lowest BCUT2D eigenvalue weighted by Gasteiger charge is -2.06. The summed E-state index contributed by atoms with van der Waals surface area (Å²) in [5.74, 6) is 0.0165. The fourth-order valence-electron chi connectivity index (χ4n) is 1.88. The molecule has 0 saturated heterocycles. The van der Waals surface area contributed by atoms with E-state index in [-0.39, 0.29) is 5.91 Å². The Kier molecular flexibility index (Phi) is 5.02. The number of hydrogen-bond donors (Lipinski definition) is 2. The van der Waals surface area contributed by atoms with Gasteiger partial charge < -0.3 is 11.1 Å². The number of amides is 1. The molecule has 0 spiro atoms. The van der Waals surface area contributed by atoms with Crippen molar-refractivity contribution < 1.29 is 4.79 Å². The summed E-state index contributed by atoms with van der Waals surface area (Å²) in [5, 5.41) is 3.58. The van der Waals surface area contributed by atoms with Crippen LogP contribution in [0.3, 0.4) is 0 Å². The van der Waals surface area contributed by atoms with Crippen molar-refractivity contribution in [3.8, 4) is 0 Å². The number of nitrogen functional groups attached to an aromatic ring is 1. The maximum absolute atomic E-state index is 11.8.